The molecule has 7 heteroatoms. The molecule has 1 heterocycles. The van der Waals surface area contributed by atoms with Crippen LogP contribution in [0.25, 0.3) is 5.70 Å². The van der Waals surface area contributed by atoms with Crippen molar-refractivity contribution in [3.63, 3.8) is 0 Å². The van der Waals surface area contributed by atoms with Gasteiger partial charge in [0.15, 0.2) is 0 Å². The Balaban J connectivity index is 2.26. The summed E-state index contributed by atoms with van der Waals surface area (Å²) in [5.74, 6) is -1.97. The molecule has 0 fully saturated rings. The maximum absolute atomic E-state index is 12.7. The third-order valence-corrected chi connectivity index (χ3v) is 2.13. The molecular formula is C10H7FN3O3-. The van der Waals surface area contributed by atoms with Crippen LogP contribution in [0.2, 0.25) is 0 Å². The number of hydrogen-bond acceptors (Lipinski definition) is 6. The molecule has 2 rings (SSSR count). The average Bonchev–Trinajstić information content (AvgIpc) is 2.29. The first-order valence-corrected chi connectivity index (χ1v) is 4.64. The van der Waals surface area contributed by atoms with E-state index < -0.39 is 18.0 Å². The Morgan fingerprint density at radius 3 is 2.59 bits per heavy atom. The first-order chi connectivity index (χ1) is 8.08. The van der Waals surface area contributed by atoms with Crippen LogP contribution in [0.1, 0.15) is 5.56 Å². The summed E-state index contributed by atoms with van der Waals surface area (Å²) in [5.41, 5.74) is 0.732. The molecule has 0 saturated heterocycles. The normalized spacial score (nSPS) is 19.1. The lowest BCUT2D eigenvalue weighted by atomic mass is 10.1. The van der Waals surface area contributed by atoms with Crippen molar-refractivity contribution in [1.82, 2.24) is 5.06 Å². The van der Waals surface area contributed by atoms with E-state index >= 15 is 0 Å². The fraction of sp³-hybridized carbons (Fsp3) is 0.100. The van der Waals surface area contributed by atoms with Gasteiger partial charge in [0.25, 0.3) is 0 Å². The van der Waals surface area contributed by atoms with Crippen LogP contribution in [0.15, 0.2) is 40.7 Å². The van der Waals surface area contributed by atoms with E-state index in [9.17, 15) is 19.5 Å². The number of azo groups is 1. The van der Waals surface area contributed by atoms with Crippen molar-refractivity contribution in [3.8, 4) is 0 Å². The van der Waals surface area contributed by atoms with E-state index in [1.54, 1.807) is 0 Å². The molecule has 0 radical (unpaired) electrons. The minimum Gasteiger partial charge on any atom is -0.546 e. The number of hydroxylamine groups is 2. The summed E-state index contributed by atoms with van der Waals surface area (Å²) in [6, 6.07) is 5.32. The molecule has 0 saturated carbocycles. The summed E-state index contributed by atoms with van der Waals surface area (Å²) >= 11 is 0. The van der Waals surface area contributed by atoms with E-state index in [-0.39, 0.29) is 5.70 Å². The number of nitrogens with zero attached hydrogens (tertiary/aromatic N) is 3. The fourth-order valence-corrected chi connectivity index (χ4v) is 1.30. The standard InChI is InChI=1S/C10H8FN3O3/c11-7-3-1-6(2-4-7)8-5-14(17)9(10(15)16)13-12-8/h1-5,9,17H,(H,15,16)/p-1. The smallest absolute Gasteiger partial charge is 0.205 e. The number of carbonyl (C=O) groups excluding carboxylic acids is 1. The van der Waals surface area contributed by atoms with Crippen LogP contribution in [0.5, 0.6) is 0 Å². The summed E-state index contributed by atoms with van der Waals surface area (Å²) < 4.78 is 12.7. The lowest BCUT2D eigenvalue weighted by Crippen LogP contribution is -2.44. The van der Waals surface area contributed by atoms with Crippen molar-refractivity contribution < 1.29 is 19.5 Å². The molecule has 0 aliphatic carbocycles. The number of carboxylic acids is 1. The third kappa shape index (κ3) is 2.28. The Morgan fingerprint density at radius 2 is 2.06 bits per heavy atom. The van der Waals surface area contributed by atoms with Crippen LogP contribution in [0, 0.1) is 5.82 Å². The van der Waals surface area contributed by atoms with Gasteiger partial charge in [-0.2, -0.15) is 10.2 Å². The van der Waals surface area contributed by atoms with Crippen molar-refractivity contribution in [3.05, 3.63) is 41.8 Å². The van der Waals surface area contributed by atoms with Crippen molar-refractivity contribution in [2.75, 3.05) is 0 Å². The molecular weight excluding hydrogens is 229 g/mol. The van der Waals surface area contributed by atoms with E-state index in [1.807, 2.05) is 0 Å². The monoisotopic (exact) mass is 236 g/mol. The molecule has 17 heavy (non-hydrogen) atoms. The number of carbonyl (C=O) groups is 1. The van der Waals surface area contributed by atoms with Crippen molar-refractivity contribution >= 4 is 11.7 Å². The van der Waals surface area contributed by atoms with Gasteiger partial charge in [0, 0.05) is 5.56 Å². The Hall–Kier alpha value is -2.28. The summed E-state index contributed by atoms with van der Waals surface area (Å²) in [6.07, 6.45) is -0.472. The first-order valence-electron chi connectivity index (χ1n) is 4.64. The highest BCUT2D eigenvalue weighted by atomic mass is 19.1. The van der Waals surface area contributed by atoms with Gasteiger partial charge < -0.3 is 9.90 Å². The van der Waals surface area contributed by atoms with Crippen molar-refractivity contribution in [1.29, 1.82) is 0 Å². The van der Waals surface area contributed by atoms with E-state index in [1.165, 1.54) is 24.3 Å². The summed E-state index contributed by atoms with van der Waals surface area (Å²) in [4.78, 5) is 10.5. The first kappa shape index (κ1) is 11.2. The van der Waals surface area contributed by atoms with Crippen LogP contribution in [0.4, 0.5) is 4.39 Å². The fourth-order valence-electron chi connectivity index (χ4n) is 1.30. The molecule has 1 aliphatic rings. The van der Waals surface area contributed by atoms with Gasteiger partial charge in [0.2, 0.25) is 6.17 Å². The van der Waals surface area contributed by atoms with Gasteiger partial charge in [0.1, 0.15) is 11.5 Å². The predicted octanol–water partition coefficient (Wildman–Crippen LogP) is 0.357. The van der Waals surface area contributed by atoms with Gasteiger partial charge in [-0.25, -0.2) is 9.45 Å². The topological polar surface area (TPSA) is 88.3 Å². The quantitative estimate of drug-likeness (QED) is 0.802. The summed E-state index contributed by atoms with van der Waals surface area (Å²) in [6.45, 7) is 0. The number of hydrogen-bond donors (Lipinski definition) is 1. The highest BCUT2D eigenvalue weighted by molar-refractivity contribution is 5.73. The zero-order valence-corrected chi connectivity index (χ0v) is 8.45. The molecule has 0 aromatic heterocycles. The minimum atomic E-state index is -1.56. The highest BCUT2D eigenvalue weighted by Crippen LogP contribution is 2.22. The van der Waals surface area contributed by atoms with Crippen LogP contribution in [-0.4, -0.2) is 22.4 Å². The molecule has 1 aromatic rings. The zero-order valence-electron chi connectivity index (χ0n) is 8.45. The Labute approximate surface area is 95.3 Å². The van der Waals surface area contributed by atoms with Gasteiger partial charge in [0.05, 0.1) is 12.2 Å². The van der Waals surface area contributed by atoms with Gasteiger partial charge >= 0.3 is 0 Å². The van der Waals surface area contributed by atoms with Crippen LogP contribution in [0.3, 0.4) is 0 Å². The molecule has 1 aliphatic heterocycles. The molecule has 1 aromatic carbocycles. The molecule has 1 atom stereocenters. The largest absolute Gasteiger partial charge is 0.546 e. The molecule has 0 bridgehead atoms. The van der Waals surface area contributed by atoms with Gasteiger partial charge in [-0.3, -0.25) is 5.21 Å². The highest BCUT2D eigenvalue weighted by Gasteiger charge is 2.19. The molecule has 6 nitrogen and oxygen atoms in total. The lowest BCUT2D eigenvalue weighted by Gasteiger charge is -2.24. The second kappa shape index (κ2) is 4.30. The van der Waals surface area contributed by atoms with Crippen LogP contribution < -0.4 is 5.11 Å². The van der Waals surface area contributed by atoms with Gasteiger partial charge in [-0.05, 0) is 24.3 Å². The van der Waals surface area contributed by atoms with Gasteiger partial charge in [-0.15, -0.1) is 0 Å². The summed E-state index contributed by atoms with van der Waals surface area (Å²) in [5, 5.41) is 27.2. The lowest BCUT2D eigenvalue weighted by molar-refractivity contribution is -0.317. The van der Waals surface area contributed by atoms with E-state index in [4.69, 9.17) is 0 Å². The van der Waals surface area contributed by atoms with Crippen molar-refractivity contribution in [2.45, 2.75) is 6.17 Å². The van der Waals surface area contributed by atoms with E-state index in [0.29, 0.717) is 10.6 Å². The zero-order chi connectivity index (χ0) is 12.4. The Bertz CT molecular complexity index is 498. The second-order valence-electron chi connectivity index (χ2n) is 3.31. The third-order valence-electron chi connectivity index (χ3n) is 2.13. The molecule has 88 valence electrons. The number of rotatable bonds is 2. The van der Waals surface area contributed by atoms with Crippen molar-refractivity contribution in [2.24, 2.45) is 10.2 Å². The number of halogens is 1. The maximum atomic E-state index is 12.7. The molecule has 0 spiro atoms. The summed E-state index contributed by atoms with van der Waals surface area (Å²) in [7, 11) is 0. The van der Waals surface area contributed by atoms with Crippen LogP contribution >= 0.6 is 0 Å². The number of aliphatic carboxylic acids is 1. The van der Waals surface area contributed by atoms with E-state index in [0.717, 1.165) is 6.20 Å². The Morgan fingerprint density at radius 1 is 1.41 bits per heavy atom. The SMILES string of the molecule is O=C([O-])C1N=NC(c2ccc(F)cc2)=CN1O. The van der Waals surface area contributed by atoms with Crippen LogP contribution in [-0.2, 0) is 4.79 Å². The Kier molecular flexibility index (Phi) is 2.84. The second-order valence-corrected chi connectivity index (χ2v) is 3.31. The molecule has 1 unspecified atom stereocenters. The number of carboxylic acid groups (broad SMARTS) is 1. The van der Waals surface area contributed by atoms with E-state index in [2.05, 4.69) is 10.2 Å². The molecule has 0 amide bonds. The van der Waals surface area contributed by atoms with Gasteiger partial charge in [-0.1, -0.05) is 0 Å². The maximum Gasteiger partial charge on any atom is 0.205 e. The minimum absolute atomic E-state index is 0.227. The average molecular weight is 236 g/mol. The predicted molar refractivity (Wildman–Crippen MR) is 51.7 cm³/mol. The number of benzene rings is 1. The molecule has 1 N–H and O–H groups in total.